The van der Waals surface area contributed by atoms with Crippen molar-refractivity contribution < 1.29 is 18.8 Å². The summed E-state index contributed by atoms with van der Waals surface area (Å²) in [7, 11) is 0. The fourth-order valence-corrected chi connectivity index (χ4v) is 3.48. The number of aromatic nitrogens is 2. The molecule has 1 N–H and O–H groups in total. The van der Waals surface area contributed by atoms with Gasteiger partial charge in [-0.1, -0.05) is 11.2 Å². The molecule has 0 unspecified atom stereocenters. The SMILES string of the molecule is N#CC1(NC(=O)COC(=O)CCc2nc(-c3cccs3)no2)CCCC1. The van der Waals surface area contributed by atoms with E-state index in [0.29, 0.717) is 24.6 Å². The van der Waals surface area contributed by atoms with Crippen molar-refractivity contribution in [2.24, 2.45) is 0 Å². The summed E-state index contributed by atoms with van der Waals surface area (Å²) in [6.07, 6.45) is 3.35. The van der Waals surface area contributed by atoms with E-state index >= 15 is 0 Å². The van der Waals surface area contributed by atoms with Gasteiger partial charge in [-0.2, -0.15) is 10.2 Å². The van der Waals surface area contributed by atoms with E-state index in [9.17, 15) is 14.9 Å². The van der Waals surface area contributed by atoms with Crippen molar-refractivity contribution in [3.63, 3.8) is 0 Å². The first kappa shape index (κ1) is 18.1. The van der Waals surface area contributed by atoms with Crippen LogP contribution in [0, 0.1) is 11.3 Å². The Bertz CT molecular complexity index is 803. The van der Waals surface area contributed by atoms with E-state index in [-0.39, 0.29) is 12.8 Å². The number of ether oxygens (including phenoxy) is 1. The summed E-state index contributed by atoms with van der Waals surface area (Å²) in [6, 6.07) is 5.93. The minimum atomic E-state index is -0.814. The molecule has 0 radical (unpaired) electrons. The standard InChI is InChI=1S/C17H18N4O4S/c18-11-17(7-1-2-8-17)20-13(22)10-24-15(23)6-5-14-19-16(21-25-14)12-4-3-9-26-12/h3-4,9H,1-2,5-8,10H2,(H,20,22). The maximum Gasteiger partial charge on any atom is 0.306 e. The number of aryl methyl sites for hydroxylation is 1. The Hall–Kier alpha value is -2.73. The molecule has 1 amide bonds. The van der Waals surface area contributed by atoms with E-state index in [1.165, 1.54) is 11.3 Å². The molecule has 136 valence electrons. The monoisotopic (exact) mass is 374 g/mol. The van der Waals surface area contributed by atoms with Gasteiger partial charge >= 0.3 is 5.97 Å². The molecule has 0 aliphatic heterocycles. The van der Waals surface area contributed by atoms with Crippen LogP contribution in [-0.2, 0) is 20.7 Å². The quantitative estimate of drug-likeness (QED) is 0.738. The van der Waals surface area contributed by atoms with Crippen molar-refractivity contribution in [3.05, 3.63) is 23.4 Å². The van der Waals surface area contributed by atoms with Gasteiger partial charge in [0.15, 0.2) is 6.61 Å². The molecule has 0 spiro atoms. The summed E-state index contributed by atoms with van der Waals surface area (Å²) < 4.78 is 10.1. The highest BCUT2D eigenvalue weighted by Gasteiger charge is 2.35. The molecule has 2 aromatic rings. The zero-order valence-corrected chi connectivity index (χ0v) is 14.9. The van der Waals surface area contributed by atoms with Gasteiger partial charge in [-0.15, -0.1) is 11.3 Å². The lowest BCUT2D eigenvalue weighted by Crippen LogP contribution is -2.46. The molecule has 0 aromatic carbocycles. The molecule has 3 rings (SSSR count). The molecule has 1 saturated carbocycles. The molecule has 2 aromatic heterocycles. The van der Waals surface area contributed by atoms with Gasteiger partial charge in [-0.3, -0.25) is 9.59 Å². The number of hydrogen-bond donors (Lipinski definition) is 1. The Balaban J connectivity index is 1.40. The summed E-state index contributed by atoms with van der Waals surface area (Å²) in [6.45, 7) is -0.396. The van der Waals surface area contributed by atoms with Gasteiger partial charge in [0.2, 0.25) is 11.7 Å². The van der Waals surface area contributed by atoms with E-state index in [0.717, 1.165) is 17.7 Å². The summed E-state index contributed by atoms with van der Waals surface area (Å²) in [4.78, 5) is 28.8. The van der Waals surface area contributed by atoms with Crippen LogP contribution in [0.25, 0.3) is 10.7 Å². The lowest BCUT2D eigenvalue weighted by Gasteiger charge is -2.21. The largest absolute Gasteiger partial charge is 0.456 e. The second-order valence-electron chi connectivity index (χ2n) is 6.10. The summed E-state index contributed by atoms with van der Waals surface area (Å²) in [5.74, 6) is -0.168. The van der Waals surface area contributed by atoms with Gasteiger partial charge in [0.05, 0.1) is 17.4 Å². The summed E-state index contributed by atoms with van der Waals surface area (Å²) >= 11 is 1.50. The van der Waals surface area contributed by atoms with Gasteiger partial charge in [-0.25, -0.2) is 0 Å². The van der Waals surface area contributed by atoms with Crippen LogP contribution in [0.15, 0.2) is 22.0 Å². The van der Waals surface area contributed by atoms with Crippen molar-refractivity contribution >= 4 is 23.2 Å². The average Bonchev–Trinajstić information content (AvgIpc) is 3.39. The average molecular weight is 374 g/mol. The Labute approximate surface area is 154 Å². The highest BCUT2D eigenvalue weighted by molar-refractivity contribution is 7.13. The highest BCUT2D eigenvalue weighted by atomic mass is 32.1. The van der Waals surface area contributed by atoms with Gasteiger partial charge in [0.1, 0.15) is 5.54 Å². The minimum Gasteiger partial charge on any atom is -0.456 e. The first-order chi connectivity index (χ1) is 12.6. The van der Waals surface area contributed by atoms with Crippen LogP contribution < -0.4 is 5.32 Å². The fraction of sp³-hybridized carbons (Fsp3) is 0.471. The van der Waals surface area contributed by atoms with Crippen molar-refractivity contribution in [1.82, 2.24) is 15.5 Å². The predicted octanol–water partition coefficient (Wildman–Crippen LogP) is 2.23. The number of amides is 1. The highest BCUT2D eigenvalue weighted by Crippen LogP contribution is 2.28. The van der Waals surface area contributed by atoms with Gasteiger partial charge in [0, 0.05) is 6.42 Å². The number of nitrogens with zero attached hydrogens (tertiary/aromatic N) is 3. The fourth-order valence-electron chi connectivity index (χ4n) is 2.84. The Kier molecular flexibility index (Phi) is 5.63. The molecule has 26 heavy (non-hydrogen) atoms. The molecular weight excluding hydrogens is 356 g/mol. The maximum atomic E-state index is 11.9. The van der Waals surface area contributed by atoms with Crippen LogP contribution in [0.4, 0.5) is 0 Å². The summed E-state index contributed by atoms with van der Waals surface area (Å²) in [5.41, 5.74) is -0.814. The molecular formula is C17H18N4O4S. The smallest absolute Gasteiger partial charge is 0.306 e. The van der Waals surface area contributed by atoms with Crippen LogP contribution in [0.2, 0.25) is 0 Å². The first-order valence-electron chi connectivity index (χ1n) is 8.35. The third-order valence-electron chi connectivity index (χ3n) is 4.17. The Morgan fingerprint density at radius 2 is 2.23 bits per heavy atom. The lowest BCUT2D eigenvalue weighted by molar-refractivity contribution is -0.149. The number of rotatable bonds is 7. The van der Waals surface area contributed by atoms with Crippen molar-refractivity contribution in [3.8, 4) is 16.8 Å². The number of nitriles is 1. The van der Waals surface area contributed by atoms with E-state index < -0.39 is 24.0 Å². The molecule has 0 atom stereocenters. The van der Waals surface area contributed by atoms with E-state index in [1.807, 2.05) is 17.5 Å². The van der Waals surface area contributed by atoms with Gasteiger partial charge in [-0.05, 0) is 37.1 Å². The number of carbonyl (C=O) groups is 2. The molecule has 1 aliphatic rings. The van der Waals surface area contributed by atoms with Crippen molar-refractivity contribution in [1.29, 1.82) is 5.26 Å². The zero-order valence-electron chi connectivity index (χ0n) is 14.1. The molecule has 8 nitrogen and oxygen atoms in total. The minimum absolute atomic E-state index is 0.0305. The van der Waals surface area contributed by atoms with E-state index in [2.05, 4.69) is 21.5 Å². The number of thiophene rings is 1. The Morgan fingerprint density at radius 3 is 2.92 bits per heavy atom. The third kappa shape index (κ3) is 4.46. The van der Waals surface area contributed by atoms with Crippen LogP contribution in [0.1, 0.15) is 38.0 Å². The topological polar surface area (TPSA) is 118 Å². The predicted molar refractivity (Wildman–Crippen MR) is 91.8 cm³/mol. The molecule has 9 heteroatoms. The van der Waals surface area contributed by atoms with Crippen LogP contribution in [0.3, 0.4) is 0 Å². The number of hydrogen-bond acceptors (Lipinski definition) is 8. The molecule has 0 bridgehead atoms. The molecule has 2 heterocycles. The van der Waals surface area contributed by atoms with Gasteiger partial charge < -0.3 is 14.6 Å². The van der Waals surface area contributed by atoms with Crippen molar-refractivity contribution in [2.45, 2.75) is 44.1 Å². The second-order valence-corrected chi connectivity index (χ2v) is 7.05. The number of carbonyl (C=O) groups excluding carboxylic acids is 2. The Morgan fingerprint density at radius 1 is 1.42 bits per heavy atom. The number of nitrogens with one attached hydrogen (secondary N) is 1. The second kappa shape index (κ2) is 8.10. The lowest BCUT2D eigenvalue weighted by atomic mass is 10.00. The molecule has 0 saturated heterocycles. The molecule has 1 fully saturated rings. The first-order valence-corrected chi connectivity index (χ1v) is 9.22. The zero-order chi connectivity index (χ0) is 18.4. The van der Waals surface area contributed by atoms with Crippen LogP contribution in [-0.4, -0.2) is 34.2 Å². The third-order valence-corrected chi connectivity index (χ3v) is 5.03. The van der Waals surface area contributed by atoms with Crippen molar-refractivity contribution in [2.75, 3.05) is 6.61 Å². The van der Waals surface area contributed by atoms with E-state index in [4.69, 9.17) is 9.26 Å². The van der Waals surface area contributed by atoms with Crippen LogP contribution >= 0.6 is 11.3 Å². The van der Waals surface area contributed by atoms with Gasteiger partial charge in [0.25, 0.3) is 5.91 Å². The maximum absolute atomic E-state index is 11.9. The number of esters is 1. The van der Waals surface area contributed by atoms with Crippen LogP contribution in [0.5, 0.6) is 0 Å². The van der Waals surface area contributed by atoms with E-state index in [1.54, 1.807) is 0 Å². The normalized spacial score (nSPS) is 15.3. The molecule has 1 aliphatic carbocycles. The summed E-state index contributed by atoms with van der Waals surface area (Å²) in [5, 5.41) is 17.7.